The number of hydrogen-bond donors (Lipinski definition) is 1. The monoisotopic (exact) mass is 810 g/mol. The van der Waals surface area contributed by atoms with Gasteiger partial charge < -0.3 is 33.0 Å². The Labute approximate surface area is 343 Å². The third kappa shape index (κ3) is 43.1. The molecule has 0 saturated carbocycles. The molecule has 9 nitrogen and oxygen atoms in total. The molecular formula is C46H84NO8P. The number of hydrogen-bond acceptors (Lipinski definition) is 8. The molecule has 0 heterocycles. The van der Waals surface area contributed by atoms with Crippen LogP contribution in [0.15, 0.2) is 60.9 Å². The van der Waals surface area contributed by atoms with E-state index in [1.54, 1.807) is 6.26 Å². The van der Waals surface area contributed by atoms with Gasteiger partial charge >= 0.3 is 5.97 Å². The highest BCUT2D eigenvalue weighted by atomic mass is 31.2. The Morgan fingerprint density at radius 2 is 1.09 bits per heavy atom. The molecule has 0 aromatic carbocycles. The zero-order valence-electron chi connectivity index (χ0n) is 36.3. The minimum absolute atomic E-state index is 0.000385. The van der Waals surface area contributed by atoms with E-state index in [9.17, 15) is 14.3 Å². The summed E-state index contributed by atoms with van der Waals surface area (Å²) in [5.74, 6) is -0.420. The van der Waals surface area contributed by atoms with E-state index in [-0.39, 0.29) is 32.8 Å². The summed E-state index contributed by atoms with van der Waals surface area (Å²) in [5, 5.41) is 8.80. The molecule has 0 aliphatic rings. The second kappa shape index (κ2) is 39.8. The molecule has 56 heavy (non-hydrogen) atoms. The number of ether oxygens (including phenoxy) is 2. The van der Waals surface area contributed by atoms with Crippen LogP contribution >= 0.6 is 7.82 Å². The summed E-state index contributed by atoms with van der Waals surface area (Å²) in [7, 11) is 1.27. The highest BCUT2D eigenvalue weighted by molar-refractivity contribution is 7.45. The van der Waals surface area contributed by atoms with E-state index >= 15 is 0 Å². The van der Waals surface area contributed by atoms with E-state index < -0.39 is 19.9 Å². The molecule has 0 aliphatic carbocycles. The summed E-state index contributed by atoms with van der Waals surface area (Å²) in [6, 6.07) is 0. The van der Waals surface area contributed by atoms with Crippen LogP contribution < -0.4 is 4.89 Å². The quantitative estimate of drug-likeness (QED) is 0.0162. The second-order valence-corrected chi connectivity index (χ2v) is 17.3. The maximum atomic E-state index is 12.6. The first kappa shape index (κ1) is 54.0. The van der Waals surface area contributed by atoms with Crippen molar-refractivity contribution in [1.82, 2.24) is 0 Å². The number of unbranched alkanes of at least 4 members (excludes halogenated alkanes) is 18. The van der Waals surface area contributed by atoms with E-state index in [1.165, 1.54) is 83.5 Å². The van der Waals surface area contributed by atoms with Gasteiger partial charge in [-0.15, -0.1) is 0 Å². The van der Waals surface area contributed by atoms with E-state index in [0.717, 1.165) is 64.2 Å². The Hall–Kier alpha value is -2.00. The molecule has 0 spiro atoms. The summed E-state index contributed by atoms with van der Waals surface area (Å²) < 4.78 is 34.2. The zero-order chi connectivity index (χ0) is 41.3. The number of phosphoric ester groups is 1. The van der Waals surface area contributed by atoms with Crippen molar-refractivity contribution in [1.29, 1.82) is 0 Å². The van der Waals surface area contributed by atoms with Crippen molar-refractivity contribution in [3.63, 3.8) is 0 Å². The third-order valence-corrected chi connectivity index (χ3v) is 10.2. The fourth-order valence-electron chi connectivity index (χ4n) is 5.72. The molecule has 0 fully saturated rings. The Kier molecular flexibility index (Phi) is 38.4. The number of carbonyl (C=O) groups excluding carboxylic acids is 1. The van der Waals surface area contributed by atoms with Gasteiger partial charge in [-0.25, -0.2) is 0 Å². The van der Waals surface area contributed by atoms with Crippen molar-refractivity contribution in [2.45, 2.75) is 174 Å². The lowest BCUT2D eigenvalue weighted by Gasteiger charge is -2.28. The van der Waals surface area contributed by atoms with Crippen LogP contribution in [0.1, 0.15) is 167 Å². The number of esters is 1. The summed E-state index contributed by atoms with van der Waals surface area (Å²) in [4.78, 5) is 25.0. The number of carbonyl (C=O) groups is 1. The number of quaternary nitrogens is 1. The fourth-order valence-corrected chi connectivity index (χ4v) is 6.45. The fraction of sp³-hybridized carbons (Fsp3) is 0.761. The van der Waals surface area contributed by atoms with Crippen molar-refractivity contribution in [2.24, 2.45) is 0 Å². The van der Waals surface area contributed by atoms with Gasteiger partial charge in [0.05, 0.1) is 34.0 Å². The van der Waals surface area contributed by atoms with E-state index in [1.807, 2.05) is 27.2 Å². The normalized spacial score (nSPS) is 14.2. The summed E-state index contributed by atoms with van der Waals surface area (Å²) in [6.45, 7) is 2.67. The largest absolute Gasteiger partial charge is 0.756 e. The minimum Gasteiger partial charge on any atom is -0.756 e. The van der Waals surface area contributed by atoms with Crippen LogP contribution in [0.5, 0.6) is 0 Å². The van der Waals surface area contributed by atoms with E-state index in [2.05, 4.69) is 55.5 Å². The van der Waals surface area contributed by atoms with Crippen LogP contribution in [-0.4, -0.2) is 75.8 Å². The van der Waals surface area contributed by atoms with Crippen LogP contribution in [0.4, 0.5) is 0 Å². The van der Waals surface area contributed by atoms with E-state index in [4.69, 9.17) is 23.6 Å². The molecule has 0 aromatic heterocycles. The van der Waals surface area contributed by atoms with Gasteiger partial charge in [0.1, 0.15) is 19.8 Å². The molecule has 0 rings (SSSR count). The summed E-state index contributed by atoms with van der Waals surface area (Å²) in [6.07, 6.45) is 47.7. The Bertz CT molecular complexity index is 1080. The number of nitrogens with zero attached hydrogens (tertiary/aromatic N) is 1. The van der Waals surface area contributed by atoms with Crippen molar-refractivity contribution in [2.75, 3.05) is 54.1 Å². The topological polar surface area (TPSA) is 114 Å². The van der Waals surface area contributed by atoms with Crippen LogP contribution in [0.2, 0.25) is 0 Å². The molecule has 0 saturated heterocycles. The highest BCUT2D eigenvalue weighted by Gasteiger charge is 2.20. The molecule has 0 bridgehead atoms. The van der Waals surface area contributed by atoms with Crippen LogP contribution in [0, 0.1) is 0 Å². The molecule has 0 aromatic rings. The first-order chi connectivity index (χ1) is 27.1. The molecule has 0 radical (unpaired) electrons. The summed E-state index contributed by atoms with van der Waals surface area (Å²) >= 11 is 0. The molecule has 10 heteroatoms. The molecule has 0 amide bonds. The minimum atomic E-state index is -4.56. The molecule has 2 atom stereocenters. The first-order valence-electron chi connectivity index (χ1n) is 22.2. The van der Waals surface area contributed by atoms with Gasteiger partial charge in [0, 0.05) is 13.0 Å². The molecule has 0 aliphatic heterocycles. The SMILES string of the molecule is CCCCCCCCCCCCCCCC/C=C/OC[C@H](COP(=O)([O-])OCC[N+](C)(C)C)OC(=O)CCC/C=C\C/C=C\C/C=C\C/C=C\CCCCCO. The van der Waals surface area contributed by atoms with Gasteiger partial charge in [-0.1, -0.05) is 145 Å². The number of likely N-dealkylation sites (N-methyl/N-ethyl adjacent to an activating group) is 1. The third-order valence-electron chi connectivity index (χ3n) is 9.19. The number of phosphoric acid groups is 1. The molecule has 1 unspecified atom stereocenters. The van der Waals surface area contributed by atoms with Crippen molar-refractivity contribution in [3.05, 3.63) is 60.9 Å². The highest BCUT2D eigenvalue weighted by Crippen LogP contribution is 2.38. The maximum absolute atomic E-state index is 12.6. The lowest BCUT2D eigenvalue weighted by atomic mass is 10.0. The smallest absolute Gasteiger partial charge is 0.306 e. The number of allylic oxidation sites excluding steroid dienone is 9. The lowest BCUT2D eigenvalue weighted by Crippen LogP contribution is -2.37. The standard InChI is InChI=1S/C46H84NO8P/c1-5-6-7-8-9-10-11-12-13-19-22-25-28-31-34-37-41-52-43-45(44-54-56(50,51)53-42-39-47(2,3)4)55-46(49)38-35-32-29-26-23-20-17-15-14-16-18-21-24-27-30-33-36-40-48/h14,16-17,20-21,24,26,29,37,41,45,48H,5-13,15,18-19,22-23,25,27-28,30-36,38-40,42-44H2,1-4H3/b16-14-,20-17-,24-21-,29-26-,41-37+/t45-/m1/s1. The number of aliphatic hydroxyl groups excluding tert-OH is 1. The molecule has 326 valence electrons. The van der Waals surface area contributed by atoms with Crippen molar-refractivity contribution < 1.29 is 42.4 Å². The van der Waals surface area contributed by atoms with E-state index in [0.29, 0.717) is 17.4 Å². The Morgan fingerprint density at radius 1 is 0.625 bits per heavy atom. The van der Waals surface area contributed by atoms with Crippen LogP contribution in [-0.2, 0) is 27.9 Å². The van der Waals surface area contributed by atoms with Gasteiger partial charge in [0.15, 0.2) is 6.10 Å². The van der Waals surface area contributed by atoms with Crippen LogP contribution in [0.25, 0.3) is 0 Å². The van der Waals surface area contributed by atoms with Crippen molar-refractivity contribution in [3.8, 4) is 0 Å². The van der Waals surface area contributed by atoms with Gasteiger partial charge in [0.25, 0.3) is 7.82 Å². The Balaban J connectivity index is 4.38. The van der Waals surface area contributed by atoms with Gasteiger partial charge in [-0.2, -0.15) is 0 Å². The molecule has 1 N–H and O–H groups in total. The zero-order valence-corrected chi connectivity index (χ0v) is 37.2. The van der Waals surface area contributed by atoms with Crippen LogP contribution in [0.3, 0.4) is 0 Å². The van der Waals surface area contributed by atoms with Gasteiger partial charge in [-0.05, 0) is 70.3 Å². The number of rotatable bonds is 41. The predicted octanol–water partition coefficient (Wildman–Crippen LogP) is 11.6. The average molecular weight is 810 g/mol. The predicted molar refractivity (Wildman–Crippen MR) is 232 cm³/mol. The van der Waals surface area contributed by atoms with Gasteiger partial charge in [-0.3, -0.25) is 9.36 Å². The average Bonchev–Trinajstić information content (AvgIpc) is 3.15. The van der Waals surface area contributed by atoms with Crippen molar-refractivity contribution >= 4 is 13.8 Å². The second-order valence-electron chi connectivity index (χ2n) is 15.8. The summed E-state index contributed by atoms with van der Waals surface area (Å²) in [5.41, 5.74) is 0. The Morgan fingerprint density at radius 3 is 1.61 bits per heavy atom. The maximum Gasteiger partial charge on any atom is 0.306 e. The first-order valence-corrected chi connectivity index (χ1v) is 23.6. The number of aliphatic hydroxyl groups is 1. The van der Waals surface area contributed by atoms with Gasteiger partial charge in [0.2, 0.25) is 0 Å². The molecular weight excluding hydrogens is 725 g/mol. The lowest BCUT2D eigenvalue weighted by molar-refractivity contribution is -0.870.